The van der Waals surface area contributed by atoms with E-state index in [1.807, 2.05) is 18.2 Å². The van der Waals surface area contributed by atoms with Gasteiger partial charge >= 0.3 is 0 Å². The van der Waals surface area contributed by atoms with Crippen LogP contribution in [0, 0.1) is 6.92 Å². The first kappa shape index (κ1) is 17.8. The highest BCUT2D eigenvalue weighted by Gasteiger charge is 2.29. The Morgan fingerprint density at radius 2 is 2.31 bits per heavy atom. The molecule has 4 rings (SSSR count). The molecule has 2 aliphatic heterocycles. The van der Waals surface area contributed by atoms with Crippen molar-refractivity contribution in [3.63, 3.8) is 0 Å². The summed E-state index contributed by atoms with van der Waals surface area (Å²) in [5, 5.41) is 7.85. The number of ether oxygens (including phenoxy) is 1. The van der Waals surface area contributed by atoms with Gasteiger partial charge in [0.2, 0.25) is 0 Å². The molecule has 0 amide bonds. The number of thiophene rings is 1. The molecular weight excluding hydrogens is 368 g/mol. The average Bonchev–Trinajstić information content (AvgIpc) is 2.93. The Balaban J connectivity index is 1.72. The summed E-state index contributed by atoms with van der Waals surface area (Å²) in [5.74, 6) is 1.05. The Hall–Kier alpha value is -1.60. The van der Waals surface area contributed by atoms with Crippen molar-refractivity contribution in [2.45, 2.75) is 19.4 Å². The second-order valence-corrected chi connectivity index (χ2v) is 8.53. The molecule has 0 unspecified atom stereocenters. The number of halogens is 1. The fraction of sp³-hybridized carbons (Fsp3) is 0.421. The van der Waals surface area contributed by atoms with Crippen LogP contribution in [0.3, 0.4) is 0 Å². The van der Waals surface area contributed by atoms with Gasteiger partial charge in [-0.15, -0.1) is 11.3 Å². The highest BCUT2D eigenvalue weighted by Crippen LogP contribution is 2.40. The molecule has 1 saturated heterocycles. The van der Waals surface area contributed by atoms with Gasteiger partial charge in [0.15, 0.2) is 0 Å². The minimum atomic E-state index is 0.532. The largest absolute Gasteiger partial charge is 0.384 e. The predicted molar refractivity (Wildman–Crippen MR) is 109 cm³/mol. The Morgan fingerprint density at radius 3 is 3.15 bits per heavy atom. The fourth-order valence-corrected chi connectivity index (χ4v) is 4.69. The molecule has 0 saturated carbocycles. The molecular formula is C19H24ClN4OS+. The van der Waals surface area contributed by atoms with Crippen molar-refractivity contribution < 1.29 is 10.1 Å². The number of methoxy groups -OCH3 is 1. The number of benzene rings is 1. The van der Waals surface area contributed by atoms with E-state index < -0.39 is 0 Å². The minimum Gasteiger partial charge on any atom is -0.384 e. The molecule has 2 aliphatic rings. The van der Waals surface area contributed by atoms with Crippen LogP contribution >= 0.6 is 22.9 Å². The molecule has 3 N–H and O–H groups in total. The monoisotopic (exact) mass is 391 g/mol. The van der Waals surface area contributed by atoms with E-state index in [1.54, 1.807) is 18.4 Å². The first-order valence-electron chi connectivity index (χ1n) is 8.97. The van der Waals surface area contributed by atoms with Crippen LogP contribution in [0.5, 0.6) is 0 Å². The summed E-state index contributed by atoms with van der Waals surface area (Å²) in [7, 11) is 1.77. The first-order valence-corrected chi connectivity index (χ1v) is 10.2. The number of piperazine rings is 1. The lowest BCUT2D eigenvalue weighted by Crippen LogP contribution is -2.95. The number of aryl methyl sites for hydroxylation is 1. The fourth-order valence-electron chi connectivity index (χ4n) is 3.60. The van der Waals surface area contributed by atoms with Crippen LogP contribution in [0.15, 0.2) is 29.3 Å². The van der Waals surface area contributed by atoms with Crippen molar-refractivity contribution in [3.05, 3.63) is 39.7 Å². The lowest BCUT2D eigenvalue weighted by atomic mass is 10.1. The van der Waals surface area contributed by atoms with Gasteiger partial charge in [-0.05, 0) is 31.2 Å². The van der Waals surface area contributed by atoms with Gasteiger partial charge < -0.3 is 20.3 Å². The Bertz CT molecular complexity index is 835. The van der Waals surface area contributed by atoms with E-state index in [0.717, 1.165) is 54.9 Å². The van der Waals surface area contributed by atoms with E-state index in [9.17, 15) is 0 Å². The summed E-state index contributed by atoms with van der Waals surface area (Å²) in [6.45, 7) is 5.98. The van der Waals surface area contributed by atoms with Crippen molar-refractivity contribution in [2.24, 2.45) is 4.99 Å². The van der Waals surface area contributed by atoms with Gasteiger partial charge in [-0.2, -0.15) is 0 Å². The van der Waals surface area contributed by atoms with Gasteiger partial charge in [0.25, 0.3) is 0 Å². The smallest absolute Gasteiger partial charge is 0.140 e. The molecule has 5 nitrogen and oxygen atoms in total. The molecule has 26 heavy (non-hydrogen) atoms. The average molecular weight is 392 g/mol. The Morgan fingerprint density at radius 1 is 1.42 bits per heavy atom. The van der Waals surface area contributed by atoms with Crippen LogP contribution in [0.25, 0.3) is 0 Å². The second kappa shape index (κ2) is 7.56. The van der Waals surface area contributed by atoms with E-state index in [0.29, 0.717) is 11.1 Å². The zero-order chi connectivity index (χ0) is 18.1. The van der Waals surface area contributed by atoms with E-state index >= 15 is 0 Å². The maximum atomic E-state index is 6.23. The van der Waals surface area contributed by atoms with Gasteiger partial charge in [0.1, 0.15) is 16.9 Å². The molecule has 2 aromatic rings. The zero-order valence-electron chi connectivity index (χ0n) is 15.1. The Kier molecular flexibility index (Phi) is 5.18. The minimum absolute atomic E-state index is 0.532. The number of hydrogen-bond acceptors (Lipinski definition) is 5. The molecule has 0 aliphatic carbocycles. The first-order chi connectivity index (χ1) is 12.6. The van der Waals surface area contributed by atoms with Crippen LogP contribution < -0.4 is 10.6 Å². The lowest BCUT2D eigenvalue weighted by molar-refractivity contribution is -0.697. The van der Waals surface area contributed by atoms with Crippen molar-refractivity contribution in [2.75, 3.05) is 38.7 Å². The van der Waals surface area contributed by atoms with Crippen molar-refractivity contribution >= 4 is 45.1 Å². The molecule has 1 aromatic heterocycles. The summed E-state index contributed by atoms with van der Waals surface area (Å²) in [6, 6.07) is 8.62. The van der Waals surface area contributed by atoms with E-state index in [1.165, 1.54) is 10.4 Å². The third kappa shape index (κ3) is 3.60. The van der Waals surface area contributed by atoms with Crippen molar-refractivity contribution in [1.82, 2.24) is 4.90 Å². The number of anilines is 2. The summed E-state index contributed by atoms with van der Waals surface area (Å²) in [4.78, 5) is 8.75. The molecule has 1 atom stereocenters. The third-order valence-electron chi connectivity index (χ3n) is 4.88. The van der Waals surface area contributed by atoms with Gasteiger partial charge in [-0.3, -0.25) is 0 Å². The highest BCUT2D eigenvalue weighted by molar-refractivity contribution is 7.16. The number of amidine groups is 1. The quantitative estimate of drug-likeness (QED) is 0.845. The van der Waals surface area contributed by atoms with Crippen LogP contribution in [-0.2, 0) is 4.74 Å². The van der Waals surface area contributed by atoms with Crippen LogP contribution in [-0.4, -0.2) is 50.1 Å². The maximum absolute atomic E-state index is 6.23. The standard InChI is InChI=1S/C19H23ClN4OS/c1-12-9-15-18(24-7-6-21-14(11-24)5-8-25-2)22-17-10-13(20)3-4-16(17)23-19(15)26-12/h3-4,9-10,14,21,23H,5-8,11H2,1-2H3/p+1/t14-/m0/s1. The SMILES string of the molecule is COCC[C@H]1CN(C2=Nc3cc(Cl)ccc3Nc3sc(C)cc32)CC[NH2+]1. The van der Waals surface area contributed by atoms with Gasteiger partial charge in [-0.1, -0.05) is 11.6 Å². The normalized spacial score (nSPS) is 19.3. The summed E-state index contributed by atoms with van der Waals surface area (Å²) in [6.07, 6.45) is 1.05. The zero-order valence-corrected chi connectivity index (χ0v) is 16.7. The molecule has 0 spiro atoms. The number of hydrogen-bond donors (Lipinski definition) is 2. The van der Waals surface area contributed by atoms with E-state index in [4.69, 9.17) is 21.3 Å². The molecule has 7 heteroatoms. The van der Waals surface area contributed by atoms with Crippen LogP contribution in [0.1, 0.15) is 16.9 Å². The number of fused-ring (bicyclic) bond motifs is 2. The van der Waals surface area contributed by atoms with E-state index in [-0.39, 0.29) is 0 Å². The molecule has 1 fully saturated rings. The maximum Gasteiger partial charge on any atom is 0.140 e. The predicted octanol–water partition coefficient (Wildman–Crippen LogP) is 3.13. The number of nitrogens with one attached hydrogen (secondary N) is 1. The van der Waals surface area contributed by atoms with Crippen LogP contribution in [0.4, 0.5) is 16.4 Å². The molecule has 0 bridgehead atoms. The third-order valence-corrected chi connectivity index (χ3v) is 6.08. The molecule has 3 heterocycles. The number of aliphatic imine (C=N–C) groups is 1. The van der Waals surface area contributed by atoms with Gasteiger partial charge in [0.05, 0.1) is 43.2 Å². The molecule has 1 aromatic carbocycles. The van der Waals surface area contributed by atoms with Gasteiger partial charge in [-0.25, -0.2) is 4.99 Å². The number of quaternary nitrogens is 1. The molecule has 0 radical (unpaired) electrons. The molecule has 138 valence electrons. The lowest BCUT2D eigenvalue weighted by Gasteiger charge is -2.33. The summed E-state index contributed by atoms with van der Waals surface area (Å²) in [5.41, 5.74) is 3.09. The van der Waals surface area contributed by atoms with Crippen LogP contribution in [0.2, 0.25) is 5.02 Å². The number of nitrogens with two attached hydrogens (primary N) is 1. The van der Waals surface area contributed by atoms with Crippen molar-refractivity contribution in [1.29, 1.82) is 0 Å². The summed E-state index contributed by atoms with van der Waals surface area (Å²) >= 11 is 8.00. The number of rotatable bonds is 3. The highest BCUT2D eigenvalue weighted by atomic mass is 35.5. The summed E-state index contributed by atoms with van der Waals surface area (Å²) < 4.78 is 5.27. The van der Waals surface area contributed by atoms with E-state index in [2.05, 4.69) is 28.5 Å². The van der Waals surface area contributed by atoms with Gasteiger partial charge in [0, 0.05) is 23.4 Å². The van der Waals surface area contributed by atoms with Crippen molar-refractivity contribution in [3.8, 4) is 0 Å². The topological polar surface area (TPSA) is 53.5 Å². The Labute approximate surface area is 163 Å². The second-order valence-electron chi connectivity index (χ2n) is 6.83. The number of nitrogens with zero attached hydrogens (tertiary/aromatic N) is 2.